The van der Waals surface area contributed by atoms with Gasteiger partial charge in [0, 0.05) is 26.2 Å². The maximum atomic E-state index is 12.6. The zero-order chi connectivity index (χ0) is 25.7. The number of nitrogens with zero attached hydrogens (tertiary/aromatic N) is 2. The van der Waals surface area contributed by atoms with E-state index in [0.717, 1.165) is 0 Å². The van der Waals surface area contributed by atoms with Crippen molar-refractivity contribution in [1.29, 1.82) is 0 Å². The molecule has 0 bridgehead atoms. The maximum Gasteiger partial charge on any atom is 0.273 e. The average Bonchev–Trinajstić information content (AvgIpc) is 2.86. The molecule has 16 heteroatoms. The quantitative estimate of drug-likeness (QED) is 0.102. The van der Waals surface area contributed by atoms with Crippen molar-refractivity contribution in [3.8, 4) is 0 Å². The summed E-state index contributed by atoms with van der Waals surface area (Å²) in [5.41, 5.74) is -0.800. The lowest BCUT2D eigenvalue weighted by Gasteiger charge is -2.18. The van der Waals surface area contributed by atoms with Crippen LogP contribution >= 0.6 is 0 Å². The summed E-state index contributed by atoms with van der Waals surface area (Å²) < 4.78 is 0. The van der Waals surface area contributed by atoms with Gasteiger partial charge in [-0.05, 0) is 0 Å². The van der Waals surface area contributed by atoms with Gasteiger partial charge >= 0.3 is 0 Å². The minimum Gasteiger partial charge on any atom is -0.394 e. The molecule has 2 amide bonds. The van der Waals surface area contributed by atoms with Crippen LogP contribution in [-0.4, -0.2) is 140 Å². The van der Waals surface area contributed by atoms with Gasteiger partial charge in [0.25, 0.3) is 11.8 Å². The highest BCUT2D eigenvalue weighted by Gasteiger charge is 2.24. The van der Waals surface area contributed by atoms with Gasteiger partial charge in [-0.3, -0.25) is 9.59 Å². The first-order valence-corrected chi connectivity index (χ1v) is 10.3. The molecule has 0 fully saturated rings. The van der Waals surface area contributed by atoms with Crippen molar-refractivity contribution in [2.75, 3.05) is 63.2 Å². The van der Waals surface area contributed by atoms with Gasteiger partial charge in [-0.2, -0.15) is 0 Å². The number of carbonyl (C=O) groups is 2. The second-order valence-electron chi connectivity index (χ2n) is 7.15. The van der Waals surface area contributed by atoms with Crippen LogP contribution in [0.1, 0.15) is 21.0 Å². The molecule has 0 saturated heterocycles. The lowest BCUT2D eigenvalue weighted by Crippen LogP contribution is -2.37. The third-order valence-corrected chi connectivity index (χ3v) is 4.18. The van der Waals surface area contributed by atoms with Gasteiger partial charge in [-0.25, -0.2) is 9.97 Å². The summed E-state index contributed by atoms with van der Waals surface area (Å²) in [4.78, 5) is 33.4. The summed E-state index contributed by atoms with van der Waals surface area (Å²) in [5.74, 6) is -2.34. The van der Waals surface area contributed by atoms with Gasteiger partial charge in [0.2, 0.25) is 0 Å². The van der Waals surface area contributed by atoms with E-state index in [-0.39, 0.29) is 37.8 Å². The van der Waals surface area contributed by atoms with Crippen LogP contribution < -0.4 is 21.3 Å². The first-order chi connectivity index (χ1) is 16.2. The van der Waals surface area contributed by atoms with Crippen LogP contribution in [0.15, 0.2) is 0 Å². The fraction of sp³-hybridized carbons (Fsp3) is 0.667. The van der Waals surface area contributed by atoms with Gasteiger partial charge in [0.05, 0.1) is 50.8 Å². The summed E-state index contributed by atoms with van der Waals surface area (Å²) in [6, 6.07) is 0. The molecule has 0 aliphatic heterocycles. The van der Waals surface area contributed by atoms with Gasteiger partial charge in [0.15, 0.2) is 23.0 Å². The number of aliphatic hydroxyl groups excluding tert-OH is 8. The molecule has 1 heterocycles. The molecule has 0 aromatic carbocycles. The van der Waals surface area contributed by atoms with E-state index in [4.69, 9.17) is 20.4 Å². The Balaban J connectivity index is 3.37. The third-order valence-electron chi connectivity index (χ3n) is 4.18. The first-order valence-electron chi connectivity index (χ1n) is 10.3. The SMILES string of the molecule is O=C(NCC(O)CO)c1nc(NC[C@@H](O)CO)c(C(=O)NCC(O)CO)nc1NC[C@@H](O)CO. The van der Waals surface area contributed by atoms with Crippen LogP contribution in [0.5, 0.6) is 0 Å². The van der Waals surface area contributed by atoms with E-state index in [0.29, 0.717) is 0 Å². The van der Waals surface area contributed by atoms with Crippen molar-refractivity contribution >= 4 is 23.5 Å². The summed E-state index contributed by atoms with van der Waals surface area (Å²) in [6.45, 7) is -3.73. The zero-order valence-electron chi connectivity index (χ0n) is 18.3. The Hall–Kier alpha value is -2.70. The van der Waals surface area contributed by atoms with E-state index in [1.165, 1.54) is 0 Å². The number of aromatic nitrogens is 2. The molecular formula is C18H32N6O10. The summed E-state index contributed by atoms with van der Waals surface area (Å²) in [5, 5.41) is 83.8. The Kier molecular flexibility index (Phi) is 13.2. The number of hydrogen-bond donors (Lipinski definition) is 12. The highest BCUT2D eigenvalue weighted by molar-refractivity contribution is 6.01. The second kappa shape index (κ2) is 15.3. The van der Waals surface area contributed by atoms with Crippen LogP contribution in [0, 0.1) is 0 Å². The number of carbonyl (C=O) groups excluding carboxylic acids is 2. The molecule has 0 aliphatic carbocycles. The molecule has 0 aliphatic rings. The highest BCUT2D eigenvalue weighted by atomic mass is 16.3. The van der Waals surface area contributed by atoms with Crippen molar-refractivity contribution in [3.63, 3.8) is 0 Å². The van der Waals surface area contributed by atoms with E-state index in [1.807, 2.05) is 0 Å². The molecule has 1 aromatic rings. The van der Waals surface area contributed by atoms with E-state index in [1.54, 1.807) is 0 Å². The van der Waals surface area contributed by atoms with Crippen LogP contribution in [0.3, 0.4) is 0 Å². The molecule has 0 radical (unpaired) electrons. The normalized spacial score (nSPS) is 14.6. The summed E-state index contributed by atoms with van der Waals surface area (Å²) in [7, 11) is 0. The topological polar surface area (TPSA) is 270 Å². The van der Waals surface area contributed by atoms with Crippen molar-refractivity contribution in [3.05, 3.63) is 11.4 Å². The van der Waals surface area contributed by atoms with E-state index < -0.39 is 74.0 Å². The minimum atomic E-state index is -1.26. The van der Waals surface area contributed by atoms with Crippen LogP contribution in [0.25, 0.3) is 0 Å². The molecule has 0 saturated carbocycles. The monoisotopic (exact) mass is 492 g/mol. The molecule has 34 heavy (non-hydrogen) atoms. The first kappa shape index (κ1) is 29.3. The number of nitrogens with one attached hydrogen (secondary N) is 4. The number of amides is 2. The van der Waals surface area contributed by atoms with Crippen LogP contribution in [-0.2, 0) is 0 Å². The smallest absolute Gasteiger partial charge is 0.273 e. The van der Waals surface area contributed by atoms with Crippen molar-refractivity contribution in [1.82, 2.24) is 20.6 Å². The largest absolute Gasteiger partial charge is 0.394 e. The second-order valence-corrected chi connectivity index (χ2v) is 7.15. The van der Waals surface area contributed by atoms with Crippen LogP contribution in [0.2, 0.25) is 0 Å². The third kappa shape index (κ3) is 9.65. The number of anilines is 2. The average molecular weight is 492 g/mol. The minimum absolute atomic E-state index is 0.287. The fourth-order valence-electron chi connectivity index (χ4n) is 2.27. The Labute approximate surface area is 194 Å². The molecule has 1 rings (SSSR count). The van der Waals surface area contributed by atoms with Crippen molar-refractivity contribution in [2.45, 2.75) is 24.4 Å². The van der Waals surface area contributed by atoms with E-state index >= 15 is 0 Å². The lowest BCUT2D eigenvalue weighted by molar-refractivity contribution is 0.0791. The summed E-state index contributed by atoms with van der Waals surface area (Å²) in [6.07, 6.45) is -5.01. The van der Waals surface area contributed by atoms with Gasteiger partial charge in [-0.1, -0.05) is 0 Å². The Morgan fingerprint density at radius 3 is 1.18 bits per heavy atom. The van der Waals surface area contributed by atoms with Crippen molar-refractivity contribution < 1.29 is 50.4 Å². The lowest BCUT2D eigenvalue weighted by atomic mass is 10.2. The fourth-order valence-corrected chi connectivity index (χ4v) is 2.27. The van der Waals surface area contributed by atoms with Crippen molar-refractivity contribution in [2.24, 2.45) is 0 Å². The predicted octanol–water partition coefficient (Wildman–Crippen LogP) is -5.83. The molecule has 1 aromatic heterocycles. The van der Waals surface area contributed by atoms with Gasteiger partial charge in [0.1, 0.15) is 0 Å². The standard InChI is InChI=1S/C18H32N6O10/c25-5-9(29)1-19-15-13(17(33)21-3-11(31)7-27)24-16(20-2-10(30)6-26)14(23-15)18(34)22-4-12(32)8-28/h9-12,25-32H,1-8H2,(H,19,23)(H,20,24)(H,21,33)(H,22,34)/t9-,10-,11?,12?/m1/s1. The van der Waals surface area contributed by atoms with Gasteiger partial charge < -0.3 is 62.1 Å². The molecule has 16 nitrogen and oxygen atoms in total. The Morgan fingerprint density at radius 1 is 0.588 bits per heavy atom. The molecule has 12 N–H and O–H groups in total. The number of rotatable bonds is 16. The maximum absolute atomic E-state index is 12.6. The molecule has 2 unspecified atom stereocenters. The van der Waals surface area contributed by atoms with E-state index in [9.17, 15) is 30.0 Å². The Morgan fingerprint density at radius 2 is 0.882 bits per heavy atom. The predicted molar refractivity (Wildman–Crippen MR) is 116 cm³/mol. The van der Waals surface area contributed by atoms with E-state index in [2.05, 4.69) is 31.2 Å². The highest BCUT2D eigenvalue weighted by Crippen LogP contribution is 2.19. The zero-order valence-corrected chi connectivity index (χ0v) is 18.3. The molecule has 4 atom stereocenters. The molecule has 194 valence electrons. The van der Waals surface area contributed by atoms with Crippen LogP contribution in [0.4, 0.5) is 11.6 Å². The molecular weight excluding hydrogens is 460 g/mol. The number of hydrogen-bond acceptors (Lipinski definition) is 14. The molecule has 0 spiro atoms. The summed E-state index contributed by atoms with van der Waals surface area (Å²) >= 11 is 0. The Bertz CT molecular complexity index is 722. The van der Waals surface area contributed by atoms with Gasteiger partial charge in [-0.15, -0.1) is 0 Å². The number of aliphatic hydroxyl groups is 8.